The predicted octanol–water partition coefficient (Wildman–Crippen LogP) is 3.78. The fourth-order valence-electron chi connectivity index (χ4n) is 2.19. The molecule has 1 aromatic carbocycles. The van der Waals surface area contributed by atoms with Gasteiger partial charge in [-0.3, -0.25) is 0 Å². The van der Waals surface area contributed by atoms with Crippen LogP contribution in [0, 0.1) is 0 Å². The quantitative estimate of drug-likeness (QED) is 0.885. The predicted molar refractivity (Wildman–Crippen MR) is 85.1 cm³/mol. The number of hydrogen-bond acceptors (Lipinski definition) is 3. The Labute approximate surface area is 132 Å². The van der Waals surface area contributed by atoms with E-state index in [1.54, 1.807) is 6.33 Å². The van der Waals surface area contributed by atoms with E-state index in [2.05, 4.69) is 45.2 Å². The molecule has 0 bridgehead atoms. The van der Waals surface area contributed by atoms with E-state index in [-0.39, 0.29) is 6.04 Å². The second kappa shape index (κ2) is 6.70. The van der Waals surface area contributed by atoms with Crippen LogP contribution in [0.4, 0.5) is 0 Å². The molecule has 2 aromatic rings. The standard InChI is InChI=1S/C14H18BrClN4/c1-9(2)20-14(18-8-19-20)7-13(17-3)11-5-4-10(15)6-12(11)16/h4-6,8-9,13,17H,7H2,1-3H3. The van der Waals surface area contributed by atoms with Gasteiger partial charge in [-0.25, -0.2) is 9.67 Å². The minimum atomic E-state index is 0.109. The van der Waals surface area contributed by atoms with E-state index < -0.39 is 0 Å². The number of nitrogens with zero attached hydrogens (tertiary/aromatic N) is 3. The van der Waals surface area contributed by atoms with Gasteiger partial charge in [0.05, 0.1) is 0 Å². The van der Waals surface area contributed by atoms with Crippen molar-refractivity contribution in [2.24, 2.45) is 0 Å². The van der Waals surface area contributed by atoms with Gasteiger partial charge in [0.2, 0.25) is 0 Å². The van der Waals surface area contributed by atoms with E-state index in [9.17, 15) is 0 Å². The molecule has 1 aromatic heterocycles. The number of rotatable bonds is 5. The molecule has 108 valence electrons. The van der Waals surface area contributed by atoms with Crippen LogP contribution >= 0.6 is 27.5 Å². The molecular formula is C14H18BrClN4. The summed E-state index contributed by atoms with van der Waals surface area (Å²) in [7, 11) is 1.93. The van der Waals surface area contributed by atoms with Crippen molar-refractivity contribution in [3.8, 4) is 0 Å². The van der Waals surface area contributed by atoms with Crippen molar-refractivity contribution in [1.82, 2.24) is 20.1 Å². The van der Waals surface area contributed by atoms with Gasteiger partial charge in [-0.15, -0.1) is 0 Å². The molecule has 2 rings (SSSR count). The average Bonchev–Trinajstić information content (AvgIpc) is 2.85. The molecule has 0 saturated carbocycles. The van der Waals surface area contributed by atoms with Gasteiger partial charge in [-0.2, -0.15) is 5.10 Å². The maximum absolute atomic E-state index is 6.33. The van der Waals surface area contributed by atoms with Crippen LogP contribution in [0.15, 0.2) is 29.0 Å². The van der Waals surface area contributed by atoms with Crippen LogP contribution in [0.1, 0.15) is 37.3 Å². The molecule has 0 aliphatic heterocycles. The van der Waals surface area contributed by atoms with E-state index in [4.69, 9.17) is 11.6 Å². The Morgan fingerprint density at radius 3 is 2.75 bits per heavy atom. The number of nitrogens with one attached hydrogen (secondary N) is 1. The molecule has 20 heavy (non-hydrogen) atoms. The summed E-state index contributed by atoms with van der Waals surface area (Å²) in [5, 5.41) is 8.32. The van der Waals surface area contributed by atoms with E-state index in [1.165, 1.54) is 0 Å². The number of aromatic nitrogens is 3. The second-order valence-electron chi connectivity index (χ2n) is 4.93. The minimum absolute atomic E-state index is 0.109. The smallest absolute Gasteiger partial charge is 0.138 e. The lowest BCUT2D eigenvalue weighted by atomic mass is 10.0. The summed E-state index contributed by atoms with van der Waals surface area (Å²) in [5.41, 5.74) is 1.07. The highest BCUT2D eigenvalue weighted by molar-refractivity contribution is 9.10. The van der Waals surface area contributed by atoms with Crippen LogP contribution in [0.3, 0.4) is 0 Å². The molecule has 1 heterocycles. The largest absolute Gasteiger partial charge is 0.313 e. The molecule has 0 fully saturated rings. The molecular weight excluding hydrogens is 340 g/mol. The number of likely N-dealkylation sites (N-methyl/N-ethyl adjacent to an activating group) is 1. The van der Waals surface area contributed by atoms with Gasteiger partial charge in [-0.05, 0) is 38.6 Å². The van der Waals surface area contributed by atoms with Gasteiger partial charge >= 0.3 is 0 Å². The fraction of sp³-hybridized carbons (Fsp3) is 0.429. The molecule has 6 heteroatoms. The molecule has 0 saturated heterocycles. The van der Waals surface area contributed by atoms with Gasteiger partial charge in [0.15, 0.2) is 0 Å². The zero-order valence-corrected chi connectivity index (χ0v) is 14.1. The highest BCUT2D eigenvalue weighted by Gasteiger charge is 2.17. The number of halogens is 2. The zero-order chi connectivity index (χ0) is 14.7. The summed E-state index contributed by atoms with van der Waals surface area (Å²) >= 11 is 9.76. The van der Waals surface area contributed by atoms with E-state index in [1.807, 2.05) is 29.9 Å². The van der Waals surface area contributed by atoms with Crippen LogP contribution in [0.5, 0.6) is 0 Å². The molecule has 0 spiro atoms. The SMILES string of the molecule is CNC(Cc1ncnn1C(C)C)c1ccc(Br)cc1Cl. The first kappa shape index (κ1) is 15.5. The van der Waals surface area contributed by atoms with Gasteiger partial charge in [-0.1, -0.05) is 33.6 Å². The average molecular weight is 358 g/mol. The van der Waals surface area contributed by atoms with Gasteiger partial charge < -0.3 is 5.32 Å². The first-order valence-corrected chi connectivity index (χ1v) is 7.70. The molecule has 0 amide bonds. The summed E-state index contributed by atoms with van der Waals surface area (Å²) in [4.78, 5) is 4.36. The maximum Gasteiger partial charge on any atom is 0.138 e. The Kier molecular flexibility index (Phi) is 5.18. The molecule has 0 aliphatic carbocycles. The van der Waals surface area contributed by atoms with Crippen molar-refractivity contribution < 1.29 is 0 Å². The lowest BCUT2D eigenvalue weighted by Crippen LogP contribution is -2.22. The van der Waals surface area contributed by atoms with Crippen LogP contribution in [0.2, 0.25) is 5.02 Å². The van der Waals surface area contributed by atoms with Crippen molar-refractivity contribution in [3.63, 3.8) is 0 Å². The van der Waals surface area contributed by atoms with Crippen molar-refractivity contribution in [1.29, 1.82) is 0 Å². The summed E-state index contributed by atoms with van der Waals surface area (Å²) in [5.74, 6) is 0.957. The van der Waals surface area contributed by atoms with E-state index in [0.717, 1.165) is 27.3 Å². The lowest BCUT2D eigenvalue weighted by Gasteiger charge is -2.19. The van der Waals surface area contributed by atoms with Crippen LogP contribution in [0.25, 0.3) is 0 Å². The highest BCUT2D eigenvalue weighted by Crippen LogP contribution is 2.28. The Hall–Kier alpha value is -0.910. The molecule has 4 nitrogen and oxygen atoms in total. The normalized spacial score (nSPS) is 12.9. The third-order valence-electron chi connectivity index (χ3n) is 3.21. The van der Waals surface area contributed by atoms with Crippen LogP contribution in [-0.4, -0.2) is 21.8 Å². The maximum atomic E-state index is 6.33. The highest BCUT2D eigenvalue weighted by atomic mass is 79.9. The molecule has 1 unspecified atom stereocenters. The summed E-state index contributed by atoms with van der Waals surface area (Å²) in [6.45, 7) is 4.19. The third kappa shape index (κ3) is 3.40. The zero-order valence-electron chi connectivity index (χ0n) is 11.8. The van der Waals surface area contributed by atoms with Crippen molar-refractivity contribution in [2.45, 2.75) is 32.4 Å². The van der Waals surface area contributed by atoms with Crippen LogP contribution in [-0.2, 0) is 6.42 Å². The van der Waals surface area contributed by atoms with E-state index >= 15 is 0 Å². The number of hydrogen-bond donors (Lipinski definition) is 1. The Bertz CT molecular complexity index is 582. The minimum Gasteiger partial charge on any atom is -0.313 e. The molecule has 1 N–H and O–H groups in total. The Balaban J connectivity index is 2.27. The summed E-state index contributed by atoms with van der Waals surface area (Å²) in [6, 6.07) is 6.35. The molecule has 0 radical (unpaired) electrons. The molecule has 1 atom stereocenters. The summed E-state index contributed by atoms with van der Waals surface area (Å²) < 4.78 is 2.92. The second-order valence-corrected chi connectivity index (χ2v) is 6.25. The van der Waals surface area contributed by atoms with Gasteiger partial charge in [0.25, 0.3) is 0 Å². The van der Waals surface area contributed by atoms with Crippen molar-refractivity contribution >= 4 is 27.5 Å². The third-order valence-corrected chi connectivity index (χ3v) is 4.03. The summed E-state index contributed by atoms with van der Waals surface area (Å²) in [6.07, 6.45) is 2.35. The van der Waals surface area contributed by atoms with Gasteiger partial charge in [0, 0.05) is 28.0 Å². The van der Waals surface area contributed by atoms with Crippen molar-refractivity contribution in [3.05, 3.63) is 45.4 Å². The number of benzene rings is 1. The van der Waals surface area contributed by atoms with Gasteiger partial charge in [0.1, 0.15) is 12.2 Å². The lowest BCUT2D eigenvalue weighted by molar-refractivity contribution is 0.478. The Morgan fingerprint density at radius 2 is 2.15 bits per heavy atom. The van der Waals surface area contributed by atoms with Crippen LogP contribution < -0.4 is 5.32 Å². The fourth-order valence-corrected chi connectivity index (χ4v) is 2.99. The van der Waals surface area contributed by atoms with Crippen molar-refractivity contribution in [2.75, 3.05) is 7.05 Å². The first-order chi connectivity index (χ1) is 9.52. The first-order valence-electron chi connectivity index (χ1n) is 6.53. The monoisotopic (exact) mass is 356 g/mol. The molecule has 0 aliphatic rings. The van der Waals surface area contributed by atoms with E-state index in [0.29, 0.717) is 6.04 Å². The Morgan fingerprint density at radius 1 is 1.40 bits per heavy atom. The topological polar surface area (TPSA) is 42.7 Å².